The molecule has 0 fully saturated rings. The largest absolute Gasteiger partial charge is 0.472 e. The fourth-order valence-electron chi connectivity index (χ4n) is 4.41. The van der Waals surface area contributed by atoms with Crippen LogP contribution in [-0.2, 0) is 18.4 Å². The smallest absolute Gasteiger partial charge is 0.387 e. The van der Waals surface area contributed by atoms with Crippen LogP contribution in [0.2, 0.25) is 0 Å². The zero-order valence-corrected chi connectivity index (χ0v) is 28.6. The van der Waals surface area contributed by atoms with E-state index >= 15 is 0 Å². The number of phosphoric acid groups is 1. The Bertz CT molecular complexity index is 753. The molecule has 0 saturated heterocycles. The molecule has 1 amide bonds. The van der Waals surface area contributed by atoms with Crippen LogP contribution in [0.1, 0.15) is 129 Å². The first-order chi connectivity index (χ1) is 20.0. The van der Waals surface area contributed by atoms with Gasteiger partial charge in [-0.1, -0.05) is 122 Å². The maximum atomic E-state index is 12.7. The fourth-order valence-corrected chi connectivity index (χ4v) is 5.15. The topological polar surface area (TPSA) is 105 Å². The van der Waals surface area contributed by atoms with Gasteiger partial charge in [0.15, 0.2) is 0 Å². The number of aliphatic hydroxyl groups excluding tert-OH is 1. The van der Waals surface area contributed by atoms with Crippen LogP contribution in [0.25, 0.3) is 0 Å². The molecule has 8 nitrogen and oxygen atoms in total. The first kappa shape index (κ1) is 41.0. The average Bonchev–Trinajstić information content (AvgIpc) is 2.92. The lowest BCUT2D eigenvalue weighted by molar-refractivity contribution is -0.870. The van der Waals surface area contributed by atoms with Gasteiger partial charge < -0.3 is 19.8 Å². The molecule has 3 N–H and O–H groups in total. The molecule has 42 heavy (non-hydrogen) atoms. The highest BCUT2D eigenvalue weighted by molar-refractivity contribution is 7.47. The summed E-state index contributed by atoms with van der Waals surface area (Å²) in [5.74, 6) is -0.194. The highest BCUT2D eigenvalue weighted by Gasteiger charge is 2.27. The minimum absolute atomic E-state index is 0.0569. The number of amides is 1. The highest BCUT2D eigenvalue weighted by atomic mass is 31.2. The summed E-state index contributed by atoms with van der Waals surface area (Å²) in [7, 11) is 1.55. The summed E-state index contributed by atoms with van der Waals surface area (Å²) >= 11 is 0. The van der Waals surface area contributed by atoms with Crippen molar-refractivity contribution in [3.05, 3.63) is 24.3 Å². The van der Waals surface area contributed by atoms with Crippen molar-refractivity contribution in [2.24, 2.45) is 0 Å². The Labute approximate surface area is 258 Å². The molecule has 0 aromatic rings. The lowest BCUT2D eigenvalue weighted by Crippen LogP contribution is -2.45. The monoisotopic (exact) mass is 617 g/mol. The second-order valence-corrected chi connectivity index (χ2v) is 14.0. The number of allylic oxidation sites excluding steroid dienone is 3. The predicted molar refractivity (Wildman–Crippen MR) is 175 cm³/mol. The number of unbranched alkanes of at least 4 members (excludes halogenated alkanes) is 14. The SMILES string of the molecule is CCC/C=C/CC/C=C/C(O)C(COP(=O)(O)OCC[N+](C)(C)C)NC(=O)CCCCCCCCCCCCCCC. The molecule has 0 heterocycles. The summed E-state index contributed by atoms with van der Waals surface area (Å²) in [6.45, 7) is 4.65. The van der Waals surface area contributed by atoms with E-state index < -0.39 is 20.0 Å². The standard InChI is InChI=1S/C33H65N2O6P/c1-6-8-10-12-14-15-16-17-18-19-21-23-25-27-33(37)34-31(32(36)26-24-22-20-13-11-9-7-2)30-41-42(38,39)40-29-28-35(3,4)5/h11,13,24,26,31-32,36H,6-10,12,14-23,25,27-30H2,1-5H3,(H-,34,37,38,39)/p+1/b13-11+,26-24+. The molecule has 248 valence electrons. The molecule has 0 aliphatic rings. The maximum Gasteiger partial charge on any atom is 0.472 e. The van der Waals surface area contributed by atoms with Crippen LogP contribution in [-0.4, -0.2) is 73.4 Å². The van der Waals surface area contributed by atoms with Gasteiger partial charge in [0.05, 0.1) is 39.9 Å². The molecule has 3 atom stereocenters. The van der Waals surface area contributed by atoms with Crippen molar-refractivity contribution in [2.75, 3.05) is 40.9 Å². The van der Waals surface area contributed by atoms with E-state index in [9.17, 15) is 19.4 Å². The quantitative estimate of drug-likeness (QED) is 0.0342. The lowest BCUT2D eigenvalue weighted by Gasteiger charge is -2.25. The summed E-state index contributed by atoms with van der Waals surface area (Å²) < 4.78 is 23.2. The summed E-state index contributed by atoms with van der Waals surface area (Å²) in [6, 6.07) is -0.853. The van der Waals surface area contributed by atoms with Crippen molar-refractivity contribution in [3.63, 3.8) is 0 Å². The normalized spacial score (nSPS) is 15.3. The Morgan fingerprint density at radius 2 is 1.31 bits per heavy atom. The third-order valence-electron chi connectivity index (χ3n) is 7.16. The second-order valence-electron chi connectivity index (χ2n) is 12.5. The minimum atomic E-state index is -4.32. The fraction of sp³-hybridized carbons (Fsp3) is 0.848. The number of aliphatic hydroxyl groups is 1. The van der Waals surface area contributed by atoms with Crippen molar-refractivity contribution < 1.29 is 32.9 Å². The summed E-state index contributed by atoms with van der Waals surface area (Å²) in [4.78, 5) is 22.8. The van der Waals surface area contributed by atoms with Crippen LogP contribution in [0.15, 0.2) is 24.3 Å². The molecule has 0 rings (SSSR count). The van der Waals surface area contributed by atoms with Gasteiger partial charge in [0.25, 0.3) is 0 Å². The molecule has 0 aliphatic heterocycles. The van der Waals surface area contributed by atoms with Crippen molar-refractivity contribution in [1.29, 1.82) is 0 Å². The number of carbonyl (C=O) groups excluding carboxylic acids is 1. The minimum Gasteiger partial charge on any atom is -0.387 e. The van der Waals surface area contributed by atoms with Gasteiger partial charge in [-0.05, 0) is 25.7 Å². The number of carbonyl (C=O) groups is 1. The number of hydrogen-bond acceptors (Lipinski definition) is 5. The molecule has 3 unspecified atom stereocenters. The Morgan fingerprint density at radius 1 is 0.786 bits per heavy atom. The Morgan fingerprint density at radius 3 is 1.86 bits per heavy atom. The zero-order chi connectivity index (χ0) is 31.5. The van der Waals surface area contributed by atoms with E-state index in [4.69, 9.17) is 9.05 Å². The van der Waals surface area contributed by atoms with Gasteiger partial charge in [-0.3, -0.25) is 13.8 Å². The summed E-state index contributed by atoms with van der Waals surface area (Å²) in [6.07, 6.45) is 26.9. The van der Waals surface area contributed by atoms with Crippen LogP contribution in [0.4, 0.5) is 0 Å². The van der Waals surface area contributed by atoms with Gasteiger partial charge >= 0.3 is 7.82 Å². The second kappa shape index (κ2) is 26.4. The number of phosphoric ester groups is 1. The predicted octanol–water partition coefficient (Wildman–Crippen LogP) is 7.85. The van der Waals surface area contributed by atoms with E-state index in [-0.39, 0.29) is 19.1 Å². The van der Waals surface area contributed by atoms with Crippen LogP contribution < -0.4 is 5.32 Å². The number of nitrogens with zero attached hydrogens (tertiary/aromatic N) is 1. The third-order valence-corrected chi connectivity index (χ3v) is 8.14. The molecule has 0 saturated carbocycles. The summed E-state index contributed by atoms with van der Waals surface area (Å²) in [5.41, 5.74) is 0. The van der Waals surface area contributed by atoms with Crippen molar-refractivity contribution in [1.82, 2.24) is 5.32 Å². The van der Waals surface area contributed by atoms with Gasteiger partial charge in [-0.2, -0.15) is 0 Å². The van der Waals surface area contributed by atoms with Crippen LogP contribution in [0, 0.1) is 0 Å². The van der Waals surface area contributed by atoms with E-state index in [2.05, 4.69) is 31.3 Å². The Kier molecular flexibility index (Phi) is 25.7. The third kappa shape index (κ3) is 27.8. The van der Waals surface area contributed by atoms with Gasteiger partial charge in [0.2, 0.25) is 5.91 Å². The van der Waals surface area contributed by atoms with E-state index in [1.165, 1.54) is 64.2 Å². The van der Waals surface area contributed by atoms with Crippen LogP contribution in [0.3, 0.4) is 0 Å². The molecule has 9 heteroatoms. The van der Waals surface area contributed by atoms with E-state index in [0.29, 0.717) is 17.4 Å². The first-order valence-electron chi connectivity index (χ1n) is 16.7. The molecule has 0 aromatic carbocycles. The first-order valence-corrected chi connectivity index (χ1v) is 18.2. The van der Waals surface area contributed by atoms with E-state index in [0.717, 1.165) is 44.9 Å². The number of likely N-dealkylation sites (N-methyl/N-ethyl adjacent to an activating group) is 1. The van der Waals surface area contributed by atoms with Crippen LogP contribution in [0.5, 0.6) is 0 Å². The molecule has 0 aromatic heterocycles. The van der Waals surface area contributed by atoms with Gasteiger partial charge in [-0.25, -0.2) is 4.57 Å². The molecular weight excluding hydrogens is 551 g/mol. The number of nitrogens with one attached hydrogen (secondary N) is 1. The summed E-state index contributed by atoms with van der Waals surface area (Å²) in [5, 5.41) is 13.6. The van der Waals surface area contributed by atoms with Crippen molar-refractivity contribution in [2.45, 2.75) is 142 Å². The molecule has 0 bridgehead atoms. The molecule has 0 radical (unpaired) electrons. The lowest BCUT2D eigenvalue weighted by atomic mass is 10.0. The van der Waals surface area contributed by atoms with Gasteiger partial charge in [0, 0.05) is 6.42 Å². The highest BCUT2D eigenvalue weighted by Crippen LogP contribution is 2.43. The molecular formula is C33H66N2O6P+. The molecule has 0 spiro atoms. The Balaban J connectivity index is 4.53. The maximum absolute atomic E-state index is 12.7. The number of hydrogen-bond donors (Lipinski definition) is 3. The van der Waals surface area contributed by atoms with Crippen molar-refractivity contribution >= 4 is 13.7 Å². The van der Waals surface area contributed by atoms with Crippen molar-refractivity contribution in [3.8, 4) is 0 Å². The van der Waals surface area contributed by atoms with Gasteiger partial charge in [-0.15, -0.1) is 0 Å². The van der Waals surface area contributed by atoms with E-state index in [1.54, 1.807) is 6.08 Å². The number of rotatable bonds is 29. The zero-order valence-electron chi connectivity index (χ0n) is 27.7. The Hall–Kier alpha value is -1.02. The average molecular weight is 618 g/mol. The van der Waals surface area contributed by atoms with E-state index in [1.807, 2.05) is 27.2 Å². The van der Waals surface area contributed by atoms with Crippen LogP contribution >= 0.6 is 7.82 Å². The molecule has 0 aliphatic carbocycles. The number of quaternary nitrogens is 1. The van der Waals surface area contributed by atoms with Gasteiger partial charge in [0.1, 0.15) is 13.2 Å².